The summed E-state index contributed by atoms with van der Waals surface area (Å²) in [6.07, 6.45) is 0.962. The predicted molar refractivity (Wildman–Crippen MR) is 98.7 cm³/mol. The Kier molecular flexibility index (Phi) is 6.58. The van der Waals surface area contributed by atoms with Gasteiger partial charge in [0.2, 0.25) is 5.91 Å². The van der Waals surface area contributed by atoms with E-state index in [1.807, 2.05) is 0 Å². The molecule has 0 spiro atoms. The Balaban J connectivity index is 2.05. The zero-order chi connectivity index (χ0) is 18.4. The van der Waals surface area contributed by atoms with Crippen molar-refractivity contribution in [3.8, 4) is 0 Å². The number of para-hydroxylation sites is 1. The van der Waals surface area contributed by atoms with Crippen LogP contribution >= 0.6 is 11.8 Å². The van der Waals surface area contributed by atoms with Gasteiger partial charge < -0.3 is 15.6 Å². The molecule has 0 unspecified atom stereocenters. The molecule has 2 amide bonds. The smallest absolute Gasteiger partial charge is 0.250 e. The first-order valence-corrected chi connectivity index (χ1v) is 9.17. The number of hydrogen-bond acceptors (Lipinski definition) is 5. The Bertz CT molecular complexity index is 757. The minimum atomic E-state index is -0.576. The van der Waals surface area contributed by atoms with E-state index in [4.69, 9.17) is 5.73 Å². The predicted octanol–water partition coefficient (Wildman–Crippen LogP) is 2.64. The first-order chi connectivity index (χ1) is 11.9. The summed E-state index contributed by atoms with van der Waals surface area (Å²) in [5.41, 5.74) is 6.03. The second kappa shape index (κ2) is 8.66. The number of primary amides is 1. The molecular formula is C17H23N5O2S. The van der Waals surface area contributed by atoms with Crippen LogP contribution < -0.4 is 11.1 Å². The molecule has 2 aromatic rings. The molecule has 0 aliphatic rings. The first kappa shape index (κ1) is 19.0. The number of aromatic nitrogens is 3. The van der Waals surface area contributed by atoms with Crippen molar-refractivity contribution >= 4 is 29.3 Å². The van der Waals surface area contributed by atoms with E-state index in [1.54, 1.807) is 24.3 Å². The van der Waals surface area contributed by atoms with Gasteiger partial charge in [-0.25, -0.2) is 0 Å². The summed E-state index contributed by atoms with van der Waals surface area (Å²) >= 11 is 1.33. The number of nitrogens with two attached hydrogens (primary N) is 1. The number of nitrogens with one attached hydrogen (secondary N) is 1. The molecule has 0 fully saturated rings. The van der Waals surface area contributed by atoms with Crippen molar-refractivity contribution in [1.29, 1.82) is 0 Å². The summed E-state index contributed by atoms with van der Waals surface area (Å²) in [5.74, 6) is 0.560. The highest BCUT2D eigenvalue weighted by molar-refractivity contribution is 7.99. The van der Waals surface area contributed by atoms with Crippen LogP contribution in [0.5, 0.6) is 0 Å². The van der Waals surface area contributed by atoms with E-state index < -0.39 is 5.91 Å². The van der Waals surface area contributed by atoms with Crippen molar-refractivity contribution in [1.82, 2.24) is 14.8 Å². The summed E-state index contributed by atoms with van der Waals surface area (Å²) in [5, 5.41) is 11.9. The van der Waals surface area contributed by atoms with Gasteiger partial charge in [0.1, 0.15) is 5.82 Å². The minimum Gasteiger partial charge on any atom is -0.366 e. The molecule has 0 radical (unpaired) electrons. The quantitative estimate of drug-likeness (QED) is 0.704. The number of carbonyl (C=O) groups is 2. The highest BCUT2D eigenvalue weighted by Gasteiger charge is 2.16. The van der Waals surface area contributed by atoms with Gasteiger partial charge in [-0.2, -0.15) is 0 Å². The van der Waals surface area contributed by atoms with Gasteiger partial charge in [-0.3, -0.25) is 9.59 Å². The number of anilines is 1. The van der Waals surface area contributed by atoms with Crippen molar-refractivity contribution < 1.29 is 9.59 Å². The normalized spacial score (nSPS) is 10.9. The Morgan fingerprint density at radius 2 is 2.00 bits per heavy atom. The van der Waals surface area contributed by atoms with E-state index in [0.29, 0.717) is 5.69 Å². The van der Waals surface area contributed by atoms with E-state index in [1.165, 1.54) is 11.8 Å². The Morgan fingerprint density at radius 1 is 1.28 bits per heavy atom. The van der Waals surface area contributed by atoms with Crippen molar-refractivity contribution in [3.63, 3.8) is 0 Å². The Labute approximate surface area is 151 Å². The third kappa shape index (κ3) is 4.82. The molecule has 2 rings (SSSR count). The van der Waals surface area contributed by atoms with Crippen LogP contribution in [-0.2, 0) is 11.3 Å². The van der Waals surface area contributed by atoms with E-state index in [-0.39, 0.29) is 23.1 Å². The zero-order valence-electron chi connectivity index (χ0n) is 14.7. The van der Waals surface area contributed by atoms with E-state index >= 15 is 0 Å². The first-order valence-electron chi connectivity index (χ1n) is 8.18. The highest BCUT2D eigenvalue weighted by atomic mass is 32.2. The second-order valence-electron chi connectivity index (χ2n) is 5.89. The lowest BCUT2D eigenvalue weighted by Crippen LogP contribution is -2.19. The van der Waals surface area contributed by atoms with E-state index in [0.717, 1.165) is 23.9 Å². The molecule has 0 aliphatic carbocycles. The topological polar surface area (TPSA) is 103 Å². The molecule has 1 aromatic carbocycles. The molecule has 0 saturated carbocycles. The van der Waals surface area contributed by atoms with Gasteiger partial charge in [0.15, 0.2) is 5.16 Å². The van der Waals surface area contributed by atoms with Crippen LogP contribution in [0.1, 0.15) is 49.3 Å². The van der Waals surface area contributed by atoms with Gasteiger partial charge in [0.25, 0.3) is 5.91 Å². The van der Waals surface area contributed by atoms with Crippen LogP contribution in [0.25, 0.3) is 0 Å². The summed E-state index contributed by atoms with van der Waals surface area (Å²) in [6.45, 7) is 7.04. The molecule has 134 valence electrons. The second-order valence-corrected chi connectivity index (χ2v) is 6.84. The van der Waals surface area contributed by atoms with E-state index in [9.17, 15) is 9.59 Å². The average Bonchev–Trinajstić information content (AvgIpc) is 2.96. The third-order valence-corrected chi connectivity index (χ3v) is 4.47. The van der Waals surface area contributed by atoms with Crippen LogP contribution in [0.2, 0.25) is 0 Å². The summed E-state index contributed by atoms with van der Waals surface area (Å²) in [7, 11) is 0. The molecule has 0 bridgehead atoms. The van der Waals surface area contributed by atoms with Crippen molar-refractivity contribution in [2.45, 2.75) is 44.8 Å². The molecule has 25 heavy (non-hydrogen) atoms. The molecule has 1 heterocycles. The monoisotopic (exact) mass is 361 g/mol. The lowest BCUT2D eigenvalue weighted by atomic mass is 10.1. The fourth-order valence-corrected chi connectivity index (χ4v) is 3.16. The number of nitrogens with zero attached hydrogens (tertiary/aromatic N) is 3. The van der Waals surface area contributed by atoms with Gasteiger partial charge in [0, 0.05) is 12.5 Å². The molecule has 1 aromatic heterocycles. The number of rotatable bonds is 8. The fourth-order valence-electron chi connectivity index (χ4n) is 2.39. The van der Waals surface area contributed by atoms with Crippen molar-refractivity contribution in [3.05, 3.63) is 35.7 Å². The number of benzene rings is 1. The highest BCUT2D eigenvalue weighted by Crippen LogP contribution is 2.22. The number of carbonyl (C=O) groups excluding carboxylic acids is 2. The van der Waals surface area contributed by atoms with E-state index in [2.05, 4.69) is 40.9 Å². The van der Waals surface area contributed by atoms with Crippen LogP contribution in [-0.4, -0.2) is 32.3 Å². The Morgan fingerprint density at radius 3 is 2.64 bits per heavy atom. The van der Waals surface area contributed by atoms with Crippen molar-refractivity contribution in [2.24, 2.45) is 5.73 Å². The summed E-state index contributed by atoms with van der Waals surface area (Å²) in [4.78, 5) is 23.6. The van der Waals surface area contributed by atoms with Crippen LogP contribution in [0, 0.1) is 0 Å². The van der Waals surface area contributed by atoms with Crippen LogP contribution in [0.4, 0.5) is 5.69 Å². The molecule has 0 aliphatic heterocycles. The molecule has 0 saturated heterocycles. The molecule has 0 atom stereocenters. The van der Waals surface area contributed by atoms with Gasteiger partial charge in [-0.1, -0.05) is 44.7 Å². The fraction of sp³-hybridized carbons (Fsp3) is 0.412. The lowest BCUT2D eigenvalue weighted by molar-refractivity contribution is -0.113. The maximum atomic E-state index is 12.2. The van der Waals surface area contributed by atoms with Crippen molar-refractivity contribution in [2.75, 3.05) is 11.1 Å². The zero-order valence-corrected chi connectivity index (χ0v) is 15.5. The number of amides is 2. The maximum absolute atomic E-state index is 12.2. The van der Waals surface area contributed by atoms with Gasteiger partial charge >= 0.3 is 0 Å². The van der Waals surface area contributed by atoms with Gasteiger partial charge in [0.05, 0.1) is 17.0 Å². The summed E-state index contributed by atoms with van der Waals surface area (Å²) in [6, 6.07) is 6.67. The minimum absolute atomic E-state index is 0.174. The standard InChI is InChI=1S/C17H23N5O2S/c1-4-9-22-16(11(2)3)20-21-17(22)25-10-14(23)19-13-8-6-5-7-12(13)15(18)24/h5-8,11H,4,9-10H2,1-3H3,(H2,18,24)(H,19,23). The molecule has 8 heteroatoms. The average molecular weight is 361 g/mol. The third-order valence-electron chi connectivity index (χ3n) is 3.51. The Hall–Kier alpha value is -2.35. The summed E-state index contributed by atoms with van der Waals surface area (Å²) < 4.78 is 2.06. The van der Waals surface area contributed by atoms with Crippen LogP contribution in [0.15, 0.2) is 29.4 Å². The molecule has 7 nitrogen and oxygen atoms in total. The lowest BCUT2D eigenvalue weighted by Gasteiger charge is -2.11. The van der Waals surface area contributed by atoms with Gasteiger partial charge in [-0.05, 0) is 18.6 Å². The molecule has 3 N–H and O–H groups in total. The number of hydrogen-bond donors (Lipinski definition) is 2. The largest absolute Gasteiger partial charge is 0.366 e. The van der Waals surface area contributed by atoms with Crippen LogP contribution in [0.3, 0.4) is 0 Å². The molecular weight excluding hydrogens is 338 g/mol. The SMILES string of the molecule is CCCn1c(SCC(=O)Nc2ccccc2C(N)=O)nnc1C(C)C. The number of thioether (sulfide) groups is 1. The maximum Gasteiger partial charge on any atom is 0.250 e. The van der Waals surface area contributed by atoms with Gasteiger partial charge in [-0.15, -0.1) is 10.2 Å².